The standard InChI is InChI=1S/C25H20ClFN4O2/c1-16(18-4-10-21(27)11-5-18)28-31-25(32)24-14-23(29-30-24)19-6-12-22(13-7-19)33-15-17-2-8-20(26)9-3-17/h2-14H,15H2,1H3,(H,29,30)(H,31,32)/b28-16-. The van der Waals surface area contributed by atoms with Crippen molar-refractivity contribution in [3.8, 4) is 17.0 Å². The molecule has 0 aliphatic carbocycles. The van der Waals surface area contributed by atoms with Crippen LogP contribution in [0.2, 0.25) is 5.02 Å². The highest BCUT2D eigenvalue weighted by atomic mass is 35.5. The molecule has 1 amide bonds. The van der Waals surface area contributed by atoms with Gasteiger partial charge in [0.15, 0.2) is 0 Å². The van der Waals surface area contributed by atoms with Crippen LogP contribution in [-0.2, 0) is 6.61 Å². The molecule has 4 aromatic rings. The zero-order chi connectivity index (χ0) is 23.2. The number of nitrogens with one attached hydrogen (secondary N) is 2. The second-order valence-corrected chi connectivity index (χ2v) is 7.69. The number of ether oxygens (including phenoxy) is 1. The van der Waals surface area contributed by atoms with Gasteiger partial charge in [-0.15, -0.1) is 0 Å². The Bertz CT molecular complexity index is 1270. The van der Waals surface area contributed by atoms with E-state index in [-0.39, 0.29) is 11.5 Å². The third-order valence-electron chi connectivity index (χ3n) is 4.88. The molecule has 0 aliphatic heterocycles. The number of aromatic nitrogens is 2. The molecular formula is C25H20ClFN4O2. The molecular weight excluding hydrogens is 443 g/mol. The zero-order valence-corrected chi connectivity index (χ0v) is 18.4. The van der Waals surface area contributed by atoms with Crippen LogP contribution in [0.5, 0.6) is 5.75 Å². The minimum Gasteiger partial charge on any atom is -0.489 e. The van der Waals surface area contributed by atoms with Crippen molar-refractivity contribution in [2.45, 2.75) is 13.5 Å². The highest BCUT2D eigenvalue weighted by Crippen LogP contribution is 2.22. The second kappa shape index (κ2) is 10.1. The van der Waals surface area contributed by atoms with Crippen molar-refractivity contribution in [1.82, 2.24) is 15.6 Å². The lowest BCUT2D eigenvalue weighted by Gasteiger charge is -2.07. The van der Waals surface area contributed by atoms with Gasteiger partial charge >= 0.3 is 0 Å². The topological polar surface area (TPSA) is 79.4 Å². The Morgan fingerprint density at radius 2 is 1.76 bits per heavy atom. The number of hydrogen-bond donors (Lipinski definition) is 2. The average Bonchev–Trinajstić information content (AvgIpc) is 3.33. The molecule has 0 saturated carbocycles. The first-order valence-electron chi connectivity index (χ1n) is 10.1. The fourth-order valence-corrected chi connectivity index (χ4v) is 3.13. The maximum absolute atomic E-state index is 13.0. The fourth-order valence-electron chi connectivity index (χ4n) is 3.01. The third kappa shape index (κ3) is 5.84. The predicted octanol–water partition coefficient (Wildman–Crippen LogP) is 5.60. The summed E-state index contributed by atoms with van der Waals surface area (Å²) in [4.78, 5) is 12.4. The Hall–Kier alpha value is -3.97. The molecule has 0 fully saturated rings. The van der Waals surface area contributed by atoms with Crippen molar-refractivity contribution >= 4 is 23.2 Å². The van der Waals surface area contributed by atoms with Gasteiger partial charge in [-0.3, -0.25) is 9.89 Å². The summed E-state index contributed by atoms with van der Waals surface area (Å²) >= 11 is 5.90. The average molecular weight is 463 g/mol. The van der Waals surface area contributed by atoms with Crippen LogP contribution in [0, 0.1) is 5.82 Å². The minimum absolute atomic E-state index is 0.267. The van der Waals surface area contributed by atoms with Gasteiger partial charge in [0.05, 0.1) is 11.4 Å². The van der Waals surface area contributed by atoms with Crippen LogP contribution in [0.3, 0.4) is 0 Å². The molecule has 0 spiro atoms. The third-order valence-corrected chi connectivity index (χ3v) is 5.13. The largest absolute Gasteiger partial charge is 0.489 e. The van der Waals surface area contributed by atoms with Gasteiger partial charge in [-0.05, 0) is 72.6 Å². The molecule has 1 aromatic heterocycles. The van der Waals surface area contributed by atoms with Crippen molar-refractivity contribution in [2.75, 3.05) is 0 Å². The van der Waals surface area contributed by atoms with E-state index in [0.717, 1.165) is 11.1 Å². The first-order chi connectivity index (χ1) is 16.0. The number of aromatic amines is 1. The summed E-state index contributed by atoms with van der Waals surface area (Å²) in [5.74, 6) is -0.0485. The first kappa shape index (κ1) is 22.2. The van der Waals surface area contributed by atoms with Crippen LogP contribution in [0.1, 0.15) is 28.5 Å². The predicted molar refractivity (Wildman–Crippen MR) is 126 cm³/mol. The Labute approximate surface area is 195 Å². The van der Waals surface area contributed by atoms with Gasteiger partial charge in [-0.25, -0.2) is 9.82 Å². The summed E-state index contributed by atoms with van der Waals surface area (Å²) in [6.45, 7) is 2.16. The van der Waals surface area contributed by atoms with E-state index in [1.165, 1.54) is 12.1 Å². The van der Waals surface area contributed by atoms with E-state index in [2.05, 4.69) is 20.7 Å². The lowest BCUT2D eigenvalue weighted by atomic mass is 10.1. The van der Waals surface area contributed by atoms with E-state index in [9.17, 15) is 9.18 Å². The number of benzene rings is 3. The molecule has 33 heavy (non-hydrogen) atoms. The van der Waals surface area contributed by atoms with E-state index in [4.69, 9.17) is 16.3 Å². The molecule has 0 radical (unpaired) electrons. The van der Waals surface area contributed by atoms with Gasteiger partial charge in [-0.1, -0.05) is 35.9 Å². The number of rotatable bonds is 7. The normalized spacial score (nSPS) is 11.3. The highest BCUT2D eigenvalue weighted by Gasteiger charge is 2.11. The van der Waals surface area contributed by atoms with Crippen LogP contribution in [0.15, 0.2) is 84.0 Å². The summed E-state index contributed by atoms with van der Waals surface area (Å²) in [6.07, 6.45) is 0. The summed E-state index contributed by atoms with van der Waals surface area (Å²) in [5.41, 5.74) is 6.47. The number of hydrazone groups is 1. The Morgan fingerprint density at radius 3 is 2.45 bits per heavy atom. The summed E-state index contributed by atoms with van der Waals surface area (Å²) < 4.78 is 18.8. The highest BCUT2D eigenvalue weighted by molar-refractivity contribution is 6.30. The van der Waals surface area contributed by atoms with Crippen LogP contribution in [-0.4, -0.2) is 21.8 Å². The molecule has 8 heteroatoms. The van der Waals surface area contributed by atoms with Gasteiger partial charge in [0.1, 0.15) is 23.9 Å². The Balaban J connectivity index is 1.36. The molecule has 2 N–H and O–H groups in total. The van der Waals surface area contributed by atoms with Crippen molar-refractivity contribution < 1.29 is 13.9 Å². The van der Waals surface area contributed by atoms with Gasteiger partial charge in [0, 0.05) is 10.6 Å². The molecule has 3 aromatic carbocycles. The van der Waals surface area contributed by atoms with Gasteiger partial charge in [-0.2, -0.15) is 10.2 Å². The molecule has 6 nitrogen and oxygen atoms in total. The zero-order valence-electron chi connectivity index (χ0n) is 17.7. The van der Waals surface area contributed by atoms with Gasteiger partial charge in [0.2, 0.25) is 0 Å². The van der Waals surface area contributed by atoms with Crippen molar-refractivity contribution in [1.29, 1.82) is 0 Å². The number of amides is 1. The van der Waals surface area contributed by atoms with Crippen molar-refractivity contribution in [3.63, 3.8) is 0 Å². The second-order valence-electron chi connectivity index (χ2n) is 7.25. The number of carbonyl (C=O) groups excluding carboxylic acids is 1. The van der Waals surface area contributed by atoms with Crippen LogP contribution < -0.4 is 10.2 Å². The molecule has 0 unspecified atom stereocenters. The summed E-state index contributed by atoms with van der Waals surface area (Å²) in [6, 6.07) is 22.4. The number of H-pyrrole nitrogens is 1. The monoisotopic (exact) mass is 462 g/mol. The first-order valence-corrected chi connectivity index (χ1v) is 10.5. The fraction of sp³-hybridized carbons (Fsp3) is 0.0800. The lowest BCUT2D eigenvalue weighted by Crippen LogP contribution is -2.19. The van der Waals surface area contributed by atoms with E-state index >= 15 is 0 Å². The lowest BCUT2D eigenvalue weighted by molar-refractivity contribution is 0.0950. The van der Waals surface area contributed by atoms with Gasteiger partial charge < -0.3 is 4.74 Å². The Morgan fingerprint density at radius 1 is 1.06 bits per heavy atom. The van der Waals surface area contributed by atoms with Crippen LogP contribution in [0.4, 0.5) is 4.39 Å². The molecule has 0 saturated heterocycles. The minimum atomic E-state index is -0.432. The molecule has 0 bridgehead atoms. The van der Waals surface area contributed by atoms with Crippen LogP contribution >= 0.6 is 11.6 Å². The van der Waals surface area contributed by atoms with E-state index in [0.29, 0.717) is 34.3 Å². The van der Waals surface area contributed by atoms with E-state index < -0.39 is 5.91 Å². The smallest absolute Gasteiger partial charge is 0.289 e. The summed E-state index contributed by atoms with van der Waals surface area (Å²) in [7, 11) is 0. The van der Waals surface area contributed by atoms with E-state index in [1.54, 1.807) is 25.1 Å². The molecule has 0 atom stereocenters. The number of nitrogens with zero attached hydrogens (tertiary/aromatic N) is 2. The molecule has 1 heterocycles. The molecule has 0 aliphatic rings. The number of hydrogen-bond acceptors (Lipinski definition) is 4. The quantitative estimate of drug-likeness (QED) is 0.277. The van der Waals surface area contributed by atoms with E-state index in [1.807, 2.05) is 48.5 Å². The van der Waals surface area contributed by atoms with Crippen molar-refractivity contribution in [3.05, 3.63) is 107 Å². The van der Waals surface area contributed by atoms with Crippen LogP contribution in [0.25, 0.3) is 11.3 Å². The number of halogens is 2. The molecule has 166 valence electrons. The summed E-state index contributed by atoms with van der Waals surface area (Å²) in [5, 5.41) is 11.7. The Kier molecular flexibility index (Phi) is 6.80. The maximum Gasteiger partial charge on any atom is 0.289 e. The van der Waals surface area contributed by atoms with Gasteiger partial charge in [0.25, 0.3) is 5.91 Å². The van der Waals surface area contributed by atoms with Crippen molar-refractivity contribution in [2.24, 2.45) is 5.10 Å². The molecule has 4 rings (SSSR count). The number of carbonyl (C=O) groups is 1. The maximum atomic E-state index is 13.0. The SMILES string of the molecule is C/C(=N/NC(=O)c1cc(-c2ccc(OCc3ccc(Cl)cc3)cc2)n[nH]1)c1ccc(F)cc1.